The molecule has 0 spiro atoms. The van der Waals surface area contributed by atoms with Crippen LogP contribution in [0.25, 0.3) is 0 Å². The SMILES string of the molecule is CCCCCSCSc1cc(C(C)(C)C)ccc1O. The van der Waals surface area contributed by atoms with Gasteiger partial charge in [0.1, 0.15) is 5.75 Å². The van der Waals surface area contributed by atoms with Crippen LogP contribution in [0.2, 0.25) is 0 Å². The summed E-state index contributed by atoms with van der Waals surface area (Å²) >= 11 is 3.71. The smallest absolute Gasteiger partial charge is 0.129 e. The average Bonchev–Trinajstić information content (AvgIpc) is 2.34. The summed E-state index contributed by atoms with van der Waals surface area (Å²) in [5, 5.41) is 10.9. The predicted molar refractivity (Wildman–Crippen MR) is 89.5 cm³/mol. The number of phenolic OH excluding ortho intramolecular Hbond substituents is 1. The summed E-state index contributed by atoms with van der Waals surface area (Å²) in [7, 11) is 0. The predicted octanol–water partition coefficient (Wildman–Crippen LogP) is 5.66. The van der Waals surface area contributed by atoms with E-state index in [1.54, 1.807) is 11.8 Å². The van der Waals surface area contributed by atoms with E-state index >= 15 is 0 Å². The molecular weight excluding hydrogens is 272 g/mol. The molecule has 0 aliphatic heterocycles. The standard InChI is InChI=1S/C16H26OS2/c1-5-6-7-10-18-12-19-15-11-13(16(2,3)4)8-9-14(15)17/h8-9,11,17H,5-7,10,12H2,1-4H3. The van der Waals surface area contributed by atoms with Gasteiger partial charge in [-0.15, -0.1) is 11.8 Å². The van der Waals surface area contributed by atoms with Crippen molar-refractivity contribution in [2.75, 3.05) is 10.8 Å². The van der Waals surface area contributed by atoms with Gasteiger partial charge in [-0.1, -0.05) is 46.6 Å². The van der Waals surface area contributed by atoms with Crippen molar-refractivity contribution in [3.8, 4) is 5.75 Å². The van der Waals surface area contributed by atoms with Crippen LogP contribution in [-0.2, 0) is 5.41 Å². The maximum atomic E-state index is 9.91. The molecule has 108 valence electrons. The first kappa shape index (κ1) is 16.8. The fraction of sp³-hybridized carbons (Fsp3) is 0.625. The van der Waals surface area contributed by atoms with Crippen LogP contribution in [0.3, 0.4) is 0 Å². The summed E-state index contributed by atoms with van der Waals surface area (Å²) in [4.78, 5) is 1.01. The fourth-order valence-corrected chi connectivity index (χ4v) is 3.86. The zero-order valence-corrected chi connectivity index (χ0v) is 14.2. The minimum Gasteiger partial charge on any atom is -0.507 e. The summed E-state index contributed by atoms with van der Waals surface area (Å²) in [6.07, 6.45) is 3.90. The molecule has 0 fully saturated rings. The highest BCUT2D eigenvalue weighted by Crippen LogP contribution is 2.35. The van der Waals surface area contributed by atoms with Gasteiger partial charge in [0.25, 0.3) is 0 Å². The van der Waals surface area contributed by atoms with Gasteiger partial charge in [-0.05, 0) is 35.3 Å². The molecule has 0 aliphatic carbocycles. The summed E-state index contributed by atoms with van der Waals surface area (Å²) in [6, 6.07) is 5.98. The van der Waals surface area contributed by atoms with Gasteiger partial charge >= 0.3 is 0 Å². The lowest BCUT2D eigenvalue weighted by molar-refractivity contribution is 0.460. The van der Waals surface area contributed by atoms with Gasteiger partial charge in [-0.3, -0.25) is 0 Å². The summed E-state index contributed by atoms with van der Waals surface area (Å²) in [6.45, 7) is 8.84. The minimum atomic E-state index is 0.136. The van der Waals surface area contributed by atoms with E-state index in [0.29, 0.717) is 5.75 Å². The summed E-state index contributed by atoms with van der Waals surface area (Å²) in [5.74, 6) is 1.63. The number of thioether (sulfide) groups is 2. The van der Waals surface area contributed by atoms with Crippen molar-refractivity contribution in [2.45, 2.75) is 57.3 Å². The first-order valence-electron chi connectivity index (χ1n) is 6.99. The molecule has 0 saturated carbocycles. The van der Waals surface area contributed by atoms with Crippen LogP contribution < -0.4 is 0 Å². The first-order valence-corrected chi connectivity index (χ1v) is 9.13. The van der Waals surface area contributed by atoms with Crippen molar-refractivity contribution >= 4 is 23.5 Å². The van der Waals surface area contributed by atoms with Crippen LogP contribution in [0, 0.1) is 0 Å². The lowest BCUT2D eigenvalue weighted by Crippen LogP contribution is -2.10. The Labute approximate surface area is 126 Å². The van der Waals surface area contributed by atoms with Gasteiger partial charge in [0.15, 0.2) is 0 Å². The Bertz CT molecular complexity index is 383. The Morgan fingerprint density at radius 2 is 1.89 bits per heavy atom. The molecule has 19 heavy (non-hydrogen) atoms. The molecule has 0 heterocycles. The van der Waals surface area contributed by atoms with Crippen LogP contribution >= 0.6 is 23.5 Å². The third-order valence-electron chi connectivity index (χ3n) is 3.02. The number of benzene rings is 1. The molecule has 0 aromatic heterocycles. The molecular formula is C16H26OS2. The van der Waals surface area contributed by atoms with Crippen molar-refractivity contribution in [1.29, 1.82) is 0 Å². The van der Waals surface area contributed by atoms with Gasteiger partial charge < -0.3 is 5.11 Å². The Balaban J connectivity index is 2.49. The second-order valence-electron chi connectivity index (χ2n) is 5.81. The second-order valence-corrected chi connectivity index (χ2v) is 8.30. The number of rotatable bonds is 7. The molecule has 1 aromatic carbocycles. The molecule has 0 saturated heterocycles. The molecule has 0 aliphatic rings. The number of unbranched alkanes of at least 4 members (excludes halogenated alkanes) is 2. The van der Waals surface area contributed by atoms with Crippen LogP contribution in [-0.4, -0.2) is 15.9 Å². The highest BCUT2D eigenvalue weighted by atomic mass is 32.2. The number of hydrogen-bond acceptors (Lipinski definition) is 3. The molecule has 0 radical (unpaired) electrons. The maximum Gasteiger partial charge on any atom is 0.129 e. The number of phenols is 1. The van der Waals surface area contributed by atoms with Gasteiger partial charge in [0.2, 0.25) is 0 Å². The molecule has 1 aromatic rings. The van der Waals surface area contributed by atoms with Gasteiger partial charge in [0, 0.05) is 5.08 Å². The normalized spacial score (nSPS) is 11.8. The molecule has 0 atom stereocenters. The van der Waals surface area contributed by atoms with Crippen LogP contribution in [0.15, 0.2) is 23.1 Å². The largest absolute Gasteiger partial charge is 0.507 e. The van der Waals surface area contributed by atoms with E-state index in [4.69, 9.17) is 0 Å². The van der Waals surface area contributed by atoms with E-state index in [2.05, 4.69) is 33.8 Å². The van der Waals surface area contributed by atoms with E-state index in [-0.39, 0.29) is 5.41 Å². The lowest BCUT2D eigenvalue weighted by Gasteiger charge is -2.20. The van der Waals surface area contributed by atoms with Crippen LogP contribution in [0.4, 0.5) is 0 Å². The van der Waals surface area contributed by atoms with Gasteiger partial charge in [-0.2, -0.15) is 11.8 Å². The van der Waals surface area contributed by atoms with Crippen molar-refractivity contribution in [3.63, 3.8) is 0 Å². The Kier molecular flexibility index (Phi) is 7.16. The first-order chi connectivity index (χ1) is 8.95. The van der Waals surface area contributed by atoms with Gasteiger partial charge in [-0.25, -0.2) is 0 Å². The highest BCUT2D eigenvalue weighted by Gasteiger charge is 2.15. The molecule has 1 N–H and O–H groups in total. The monoisotopic (exact) mass is 298 g/mol. The van der Waals surface area contributed by atoms with E-state index in [1.165, 1.54) is 30.6 Å². The second kappa shape index (κ2) is 8.11. The van der Waals surface area contributed by atoms with Crippen molar-refractivity contribution in [3.05, 3.63) is 23.8 Å². The zero-order chi connectivity index (χ0) is 14.3. The van der Waals surface area contributed by atoms with Gasteiger partial charge in [0.05, 0.1) is 4.90 Å². The van der Waals surface area contributed by atoms with Crippen LogP contribution in [0.1, 0.15) is 52.5 Å². The Morgan fingerprint density at radius 1 is 1.16 bits per heavy atom. The van der Waals surface area contributed by atoms with E-state index in [0.717, 1.165) is 9.98 Å². The number of hydrogen-bond donors (Lipinski definition) is 1. The third kappa shape index (κ3) is 6.13. The van der Waals surface area contributed by atoms with Crippen LogP contribution in [0.5, 0.6) is 5.75 Å². The summed E-state index contributed by atoms with van der Waals surface area (Å²) in [5.41, 5.74) is 1.42. The maximum absolute atomic E-state index is 9.91. The topological polar surface area (TPSA) is 20.2 Å². The minimum absolute atomic E-state index is 0.136. The Morgan fingerprint density at radius 3 is 2.53 bits per heavy atom. The Hall–Kier alpha value is -0.280. The molecule has 0 amide bonds. The van der Waals surface area contributed by atoms with Crippen molar-refractivity contribution in [2.24, 2.45) is 0 Å². The van der Waals surface area contributed by atoms with Crippen molar-refractivity contribution in [1.82, 2.24) is 0 Å². The number of aromatic hydroxyl groups is 1. The van der Waals surface area contributed by atoms with Crippen molar-refractivity contribution < 1.29 is 5.11 Å². The lowest BCUT2D eigenvalue weighted by atomic mass is 9.87. The molecule has 0 unspecified atom stereocenters. The molecule has 3 heteroatoms. The quantitative estimate of drug-likeness (QED) is 0.398. The zero-order valence-electron chi connectivity index (χ0n) is 12.5. The van der Waals surface area contributed by atoms with E-state index in [9.17, 15) is 5.11 Å². The third-order valence-corrected chi connectivity index (χ3v) is 5.37. The van der Waals surface area contributed by atoms with E-state index < -0.39 is 0 Å². The average molecular weight is 299 g/mol. The van der Waals surface area contributed by atoms with E-state index in [1.807, 2.05) is 23.9 Å². The summed E-state index contributed by atoms with van der Waals surface area (Å²) < 4.78 is 0. The highest BCUT2D eigenvalue weighted by molar-refractivity contribution is 8.16. The molecule has 0 bridgehead atoms. The molecule has 1 nitrogen and oxygen atoms in total. The molecule has 1 rings (SSSR count). The fourth-order valence-electron chi connectivity index (χ4n) is 1.71.